The third-order valence-corrected chi connectivity index (χ3v) is 5.22. The van der Waals surface area contributed by atoms with Crippen molar-refractivity contribution in [3.05, 3.63) is 89.8 Å². The van der Waals surface area contributed by atoms with Gasteiger partial charge in [0, 0.05) is 0 Å². The minimum absolute atomic E-state index is 0.0475. The molecule has 1 aliphatic rings. The molecule has 1 aliphatic heterocycles. The van der Waals surface area contributed by atoms with Gasteiger partial charge in [-0.05, 0) is 67.1 Å². The first-order valence-electron chi connectivity index (χ1n) is 11.3. The highest BCUT2D eigenvalue weighted by atomic mass is 19.1. The lowest BCUT2D eigenvalue weighted by Gasteiger charge is -2.26. The molecule has 3 aromatic rings. The summed E-state index contributed by atoms with van der Waals surface area (Å²) in [5.74, 6) is -1.77. The first-order chi connectivity index (χ1) is 17.9. The van der Waals surface area contributed by atoms with Crippen molar-refractivity contribution < 1.29 is 33.0 Å². The summed E-state index contributed by atoms with van der Waals surface area (Å²) in [6.07, 6.45) is 1.35. The fourth-order valence-electron chi connectivity index (χ4n) is 3.47. The van der Waals surface area contributed by atoms with Gasteiger partial charge in [0.1, 0.15) is 22.9 Å². The molecule has 2 N–H and O–H groups in total. The molecule has 3 aromatic carbocycles. The zero-order valence-electron chi connectivity index (χ0n) is 19.7. The van der Waals surface area contributed by atoms with Crippen LogP contribution in [0.2, 0.25) is 0 Å². The number of anilines is 2. The molecule has 37 heavy (non-hydrogen) atoms. The second-order valence-corrected chi connectivity index (χ2v) is 7.77. The molecule has 1 fully saturated rings. The lowest BCUT2D eigenvalue weighted by Crippen LogP contribution is -2.54. The number of amides is 5. The van der Waals surface area contributed by atoms with E-state index < -0.39 is 29.6 Å². The van der Waals surface area contributed by atoms with Gasteiger partial charge in [-0.25, -0.2) is 14.1 Å². The molecule has 0 radical (unpaired) electrons. The minimum atomic E-state index is -0.853. The Hall–Kier alpha value is -4.99. The van der Waals surface area contributed by atoms with Gasteiger partial charge >= 0.3 is 6.03 Å². The van der Waals surface area contributed by atoms with E-state index in [1.54, 1.807) is 54.6 Å². The predicted molar refractivity (Wildman–Crippen MR) is 134 cm³/mol. The number of rotatable bonds is 8. The van der Waals surface area contributed by atoms with E-state index >= 15 is 0 Å². The topological polar surface area (TPSA) is 114 Å². The van der Waals surface area contributed by atoms with E-state index in [4.69, 9.17) is 9.47 Å². The lowest BCUT2D eigenvalue weighted by atomic mass is 10.1. The monoisotopic (exact) mass is 503 g/mol. The largest absolute Gasteiger partial charge is 0.494 e. The summed E-state index contributed by atoms with van der Waals surface area (Å²) in [6, 6.07) is 17.5. The summed E-state index contributed by atoms with van der Waals surface area (Å²) >= 11 is 0. The average Bonchev–Trinajstić information content (AvgIpc) is 2.88. The smallest absolute Gasteiger partial charge is 0.335 e. The molecular weight excluding hydrogens is 481 g/mol. The number of imide groups is 2. The lowest BCUT2D eigenvalue weighted by molar-refractivity contribution is -0.122. The van der Waals surface area contributed by atoms with Gasteiger partial charge in [0.25, 0.3) is 17.7 Å². The SMILES string of the molecule is CCOc1ccc(N2C(=O)NC(=O)/C(=C\c3ccc(OCC(=O)Nc4ccccc4F)cc3)C2=O)cc1. The number of hydrogen-bond donors (Lipinski definition) is 2. The summed E-state index contributed by atoms with van der Waals surface area (Å²) < 4.78 is 24.4. The second-order valence-electron chi connectivity index (χ2n) is 7.77. The number of nitrogens with one attached hydrogen (secondary N) is 2. The van der Waals surface area contributed by atoms with E-state index in [2.05, 4.69) is 10.6 Å². The number of barbiturate groups is 1. The molecule has 5 amide bonds. The van der Waals surface area contributed by atoms with Crippen LogP contribution in [0.15, 0.2) is 78.4 Å². The Morgan fingerprint density at radius 1 is 0.946 bits per heavy atom. The number of hydrogen-bond acceptors (Lipinski definition) is 6. The highest BCUT2D eigenvalue weighted by Crippen LogP contribution is 2.25. The third kappa shape index (κ3) is 5.99. The molecule has 1 saturated heterocycles. The fraction of sp³-hybridized carbons (Fsp3) is 0.111. The summed E-state index contributed by atoms with van der Waals surface area (Å²) in [4.78, 5) is 50.7. The normalized spacial score (nSPS) is 14.4. The van der Waals surface area contributed by atoms with Gasteiger partial charge in [-0.2, -0.15) is 0 Å². The molecule has 0 saturated carbocycles. The Morgan fingerprint density at radius 3 is 2.27 bits per heavy atom. The molecule has 0 atom stereocenters. The van der Waals surface area contributed by atoms with Crippen LogP contribution in [-0.2, 0) is 14.4 Å². The van der Waals surface area contributed by atoms with Crippen LogP contribution >= 0.6 is 0 Å². The Labute approximate surface area is 211 Å². The van der Waals surface area contributed by atoms with Crippen molar-refractivity contribution in [1.29, 1.82) is 0 Å². The highest BCUT2D eigenvalue weighted by Gasteiger charge is 2.36. The number of para-hydroxylation sites is 1. The Morgan fingerprint density at radius 2 is 1.59 bits per heavy atom. The number of carbonyl (C=O) groups is 4. The Kier molecular flexibility index (Phi) is 7.58. The van der Waals surface area contributed by atoms with Gasteiger partial charge in [0.15, 0.2) is 6.61 Å². The van der Waals surface area contributed by atoms with Crippen LogP contribution in [0.3, 0.4) is 0 Å². The van der Waals surface area contributed by atoms with Crippen molar-refractivity contribution in [2.24, 2.45) is 0 Å². The fourth-order valence-corrected chi connectivity index (χ4v) is 3.47. The van der Waals surface area contributed by atoms with Crippen LogP contribution in [0.25, 0.3) is 6.08 Å². The van der Waals surface area contributed by atoms with Crippen molar-refractivity contribution in [2.75, 3.05) is 23.4 Å². The molecule has 9 nitrogen and oxygen atoms in total. The van der Waals surface area contributed by atoms with Crippen LogP contribution < -0.4 is 25.0 Å². The Bertz CT molecular complexity index is 1370. The van der Waals surface area contributed by atoms with Crippen molar-refractivity contribution in [1.82, 2.24) is 5.32 Å². The van der Waals surface area contributed by atoms with Crippen LogP contribution in [0.4, 0.5) is 20.6 Å². The van der Waals surface area contributed by atoms with Gasteiger partial charge in [-0.15, -0.1) is 0 Å². The number of ether oxygens (including phenoxy) is 2. The van der Waals surface area contributed by atoms with E-state index in [9.17, 15) is 23.6 Å². The third-order valence-electron chi connectivity index (χ3n) is 5.22. The van der Waals surface area contributed by atoms with Crippen LogP contribution in [-0.4, -0.2) is 37.0 Å². The highest BCUT2D eigenvalue weighted by molar-refractivity contribution is 6.39. The van der Waals surface area contributed by atoms with Crippen LogP contribution in [0.1, 0.15) is 12.5 Å². The molecule has 0 aromatic heterocycles. The Balaban J connectivity index is 1.43. The summed E-state index contributed by atoms with van der Waals surface area (Å²) in [7, 11) is 0. The van der Waals surface area contributed by atoms with Crippen molar-refractivity contribution in [3.8, 4) is 11.5 Å². The van der Waals surface area contributed by atoms with Gasteiger partial charge in [-0.3, -0.25) is 19.7 Å². The van der Waals surface area contributed by atoms with E-state index in [-0.39, 0.29) is 23.6 Å². The second kappa shape index (κ2) is 11.2. The molecule has 10 heteroatoms. The maximum atomic E-state index is 13.7. The van der Waals surface area contributed by atoms with Gasteiger partial charge in [-0.1, -0.05) is 24.3 Å². The van der Waals surface area contributed by atoms with Crippen LogP contribution in [0.5, 0.6) is 11.5 Å². The summed E-state index contributed by atoms with van der Waals surface area (Å²) in [5.41, 5.74) is 0.585. The van der Waals surface area contributed by atoms with Crippen molar-refractivity contribution >= 4 is 41.2 Å². The standard InChI is InChI=1S/C27H22FN3O6/c1-2-36-19-13-9-18(10-14-19)31-26(34)21(25(33)30-27(31)35)15-17-7-11-20(12-8-17)37-16-24(32)29-23-6-4-3-5-22(23)28/h3-15H,2,16H2,1H3,(H,29,32)(H,30,33,35)/b21-15+. The maximum absolute atomic E-state index is 13.7. The zero-order valence-corrected chi connectivity index (χ0v) is 19.7. The molecule has 0 bridgehead atoms. The number of benzene rings is 3. The quantitative estimate of drug-likeness (QED) is 0.356. The van der Waals surface area contributed by atoms with Crippen LogP contribution in [0, 0.1) is 5.82 Å². The van der Waals surface area contributed by atoms with Gasteiger partial charge < -0.3 is 14.8 Å². The van der Waals surface area contributed by atoms with Gasteiger partial charge in [0.05, 0.1) is 18.0 Å². The van der Waals surface area contributed by atoms with E-state index in [1.807, 2.05) is 6.92 Å². The number of nitrogens with zero attached hydrogens (tertiary/aromatic N) is 1. The summed E-state index contributed by atoms with van der Waals surface area (Å²) in [6.45, 7) is 1.95. The predicted octanol–water partition coefficient (Wildman–Crippen LogP) is 3.91. The first-order valence-corrected chi connectivity index (χ1v) is 11.3. The molecule has 0 spiro atoms. The molecular formula is C27H22FN3O6. The zero-order chi connectivity index (χ0) is 26.4. The summed E-state index contributed by atoms with van der Waals surface area (Å²) in [5, 5.41) is 4.58. The number of halogens is 1. The molecule has 4 rings (SSSR count). The van der Waals surface area contributed by atoms with Crippen molar-refractivity contribution in [2.45, 2.75) is 6.92 Å². The molecule has 188 valence electrons. The van der Waals surface area contributed by atoms with E-state index in [1.165, 1.54) is 24.3 Å². The molecule has 0 aliphatic carbocycles. The number of urea groups is 1. The van der Waals surface area contributed by atoms with Crippen molar-refractivity contribution in [3.63, 3.8) is 0 Å². The minimum Gasteiger partial charge on any atom is -0.494 e. The molecule has 0 unspecified atom stereocenters. The maximum Gasteiger partial charge on any atom is 0.335 e. The molecule has 1 heterocycles. The number of carbonyl (C=O) groups excluding carboxylic acids is 4. The average molecular weight is 503 g/mol. The van der Waals surface area contributed by atoms with Gasteiger partial charge in [0.2, 0.25) is 0 Å². The first kappa shape index (κ1) is 25.1. The van der Waals surface area contributed by atoms with E-state index in [0.717, 1.165) is 4.90 Å². The van der Waals surface area contributed by atoms with E-state index in [0.29, 0.717) is 23.7 Å².